The summed E-state index contributed by atoms with van der Waals surface area (Å²) in [4.78, 5) is 15.7. The number of alkyl halides is 4. The minimum absolute atomic E-state index is 0.0723. The summed E-state index contributed by atoms with van der Waals surface area (Å²) in [6, 6.07) is -0.202. The molecule has 2 heterocycles. The lowest BCUT2D eigenvalue weighted by atomic mass is 9.92. The minimum atomic E-state index is -2.68. The molecule has 24 heavy (non-hydrogen) atoms. The third-order valence-electron chi connectivity index (χ3n) is 3.64. The number of halogens is 4. The highest BCUT2D eigenvalue weighted by Crippen LogP contribution is 2.34. The van der Waals surface area contributed by atoms with Crippen LogP contribution in [0.5, 0.6) is 0 Å². The third-order valence-corrected chi connectivity index (χ3v) is 4.50. The van der Waals surface area contributed by atoms with Crippen LogP contribution in [0.2, 0.25) is 0 Å². The van der Waals surface area contributed by atoms with Crippen molar-refractivity contribution in [3.63, 3.8) is 0 Å². The number of aromatic nitrogens is 4. The predicted octanol–water partition coefficient (Wildman–Crippen LogP) is 3.50. The summed E-state index contributed by atoms with van der Waals surface area (Å²) >= 11 is 0.968. The van der Waals surface area contributed by atoms with Crippen LogP contribution >= 0.6 is 11.3 Å². The Labute approximate surface area is 138 Å². The van der Waals surface area contributed by atoms with E-state index in [9.17, 15) is 17.6 Å². The maximum Gasteiger partial charge on any atom is 0.281 e. The summed E-state index contributed by atoms with van der Waals surface area (Å²) in [6.07, 6.45) is -2.54. The number of nitrogen functional groups attached to an aromatic ring is 1. The predicted molar refractivity (Wildman–Crippen MR) is 81.1 cm³/mol. The Morgan fingerprint density at radius 3 is 2.50 bits per heavy atom. The van der Waals surface area contributed by atoms with Crippen molar-refractivity contribution in [2.24, 2.45) is 0 Å². The SMILES string of the molecule is Nc1nc(NC2CCC(F)(F)CC2)nc(-c2nc(C(F)F)cs2)n1. The quantitative estimate of drug-likeness (QED) is 0.809. The maximum atomic E-state index is 13.2. The monoisotopic (exact) mass is 362 g/mol. The molecule has 3 N–H and O–H groups in total. The van der Waals surface area contributed by atoms with Gasteiger partial charge in [-0.3, -0.25) is 0 Å². The first-order chi connectivity index (χ1) is 11.3. The van der Waals surface area contributed by atoms with Gasteiger partial charge in [-0.15, -0.1) is 11.3 Å². The first-order valence-corrected chi connectivity index (χ1v) is 8.10. The molecule has 0 aromatic carbocycles. The molecule has 6 nitrogen and oxygen atoms in total. The fourth-order valence-corrected chi connectivity index (χ4v) is 3.15. The van der Waals surface area contributed by atoms with Crippen LogP contribution in [-0.2, 0) is 0 Å². The molecule has 0 radical (unpaired) electrons. The lowest BCUT2D eigenvalue weighted by molar-refractivity contribution is -0.0361. The Morgan fingerprint density at radius 1 is 1.17 bits per heavy atom. The Balaban J connectivity index is 1.76. The lowest BCUT2D eigenvalue weighted by Crippen LogP contribution is -2.32. The Hall–Kier alpha value is -2.04. The molecule has 1 aliphatic carbocycles. The van der Waals surface area contributed by atoms with Crippen LogP contribution < -0.4 is 11.1 Å². The highest BCUT2D eigenvalue weighted by molar-refractivity contribution is 7.13. The fourth-order valence-electron chi connectivity index (χ4n) is 2.41. The number of anilines is 2. The van der Waals surface area contributed by atoms with E-state index in [4.69, 9.17) is 5.73 Å². The van der Waals surface area contributed by atoms with Crippen molar-refractivity contribution in [3.05, 3.63) is 11.1 Å². The van der Waals surface area contributed by atoms with Crippen molar-refractivity contribution in [1.29, 1.82) is 0 Å². The number of hydrogen-bond donors (Lipinski definition) is 2. The number of nitrogens with zero attached hydrogens (tertiary/aromatic N) is 4. The Bertz CT molecular complexity index is 712. The largest absolute Gasteiger partial charge is 0.368 e. The van der Waals surface area contributed by atoms with Gasteiger partial charge in [-0.05, 0) is 12.8 Å². The molecular formula is C13H14F4N6S. The summed E-state index contributed by atoms with van der Waals surface area (Å²) in [5, 5.41) is 4.36. The number of nitrogens with two attached hydrogens (primary N) is 1. The molecule has 3 rings (SSSR count). The van der Waals surface area contributed by atoms with Gasteiger partial charge >= 0.3 is 0 Å². The topological polar surface area (TPSA) is 89.6 Å². The van der Waals surface area contributed by atoms with Crippen LogP contribution in [0.1, 0.15) is 37.8 Å². The van der Waals surface area contributed by atoms with Gasteiger partial charge < -0.3 is 11.1 Å². The van der Waals surface area contributed by atoms with E-state index in [1.165, 1.54) is 5.38 Å². The molecule has 1 saturated carbocycles. The summed E-state index contributed by atoms with van der Waals surface area (Å²) < 4.78 is 51.6. The molecule has 0 amide bonds. The normalized spacial score (nSPS) is 18.0. The molecule has 0 spiro atoms. The lowest BCUT2D eigenvalue weighted by Gasteiger charge is -2.28. The van der Waals surface area contributed by atoms with E-state index in [0.29, 0.717) is 0 Å². The van der Waals surface area contributed by atoms with Crippen molar-refractivity contribution in [3.8, 4) is 10.8 Å². The van der Waals surface area contributed by atoms with Gasteiger partial charge in [0.25, 0.3) is 6.43 Å². The second-order valence-electron chi connectivity index (χ2n) is 5.49. The van der Waals surface area contributed by atoms with E-state index in [1.807, 2.05) is 0 Å². The van der Waals surface area contributed by atoms with E-state index < -0.39 is 12.3 Å². The molecule has 2 aromatic rings. The van der Waals surface area contributed by atoms with Crippen LogP contribution in [0.25, 0.3) is 10.8 Å². The summed E-state index contributed by atoms with van der Waals surface area (Å²) in [5.41, 5.74) is 5.26. The van der Waals surface area contributed by atoms with Gasteiger partial charge in [0.15, 0.2) is 10.8 Å². The molecule has 0 aliphatic heterocycles. The van der Waals surface area contributed by atoms with Crippen molar-refractivity contribution in [1.82, 2.24) is 19.9 Å². The highest BCUT2D eigenvalue weighted by Gasteiger charge is 2.35. The molecular weight excluding hydrogens is 348 g/mol. The van der Waals surface area contributed by atoms with Crippen molar-refractivity contribution in [2.75, 3.05) is 11.1 Å². The van der Waals surface area contributed by atoms with Crippen LogP contribution in [0.4, 0.5) is 29.5 Å². The van der Waals surface area contributed by atoms with E-state index in [0.717, 1.165) is 11.3 Å². The van der Waals surface area contributed by atoms with E-state index in [1.54, 1.807) is 0 Å². The molecule has 1 fully saturated rings. The van der Waals surface area contributed by atoms with Crippen molar-refractivity contribution >= 4 is 23.2 Å². The molecule has 11 heteroatoms. The van der Waals surface area contributed by atoms with Gasteiger partial charge in [0, 0.05) is 24.3 Å². The zero-order valence-corrected chi connectivity index (χ0v) is 13.2. The van der Waals surface area contributed by atoms with E-state index in [2.05, 4.69) is 25.3 Å². The standard InChI is InChI=1S/C13H14F4N6S/c14-8(15)7-5-24-10(20-7)9-21-11(18)23-12(22-9)19-6-1-3-13(16,17)4-2-6/h5-6,8H,1-4H2,(H3,18,19,21,22,23). The van der Waals surface area contributed by atoms with Gasteiger partial charge in [0.05, 0.1) is 0 Å². The minimum Gasteiger partial charge on any atom is -0.368 e. The van der Waals surface area contributed by atoms with Gasteiger partial charge in [-0.1, -0.05) is 0 Å². The summed E-state index contributed by atoms with van der Waals surface area (Å²) in [7, 11) is 0. The number of thiazole rings is 1. The Kier molecular flexibility index (Phi) is 4.52. The second kappa shape index (κ2) is 6.46. The molecule has 130 valence electrons. The van der Waals surface area contributed by atoms with Crippen LogP contribution in [-0.4, -0.2) is 31.9 Å². The van der Waals surface area contributed by atoms with Crippen molar-refractivity contribution in [2.45, 2.75) is 44.1 Å². The zero-order chi connectivity index (χ0) is 17.3. The average Bonchev–Trinajstić information content (AvgIpc) is 2.99. The number of rotatable bonds is 4. The molecule has 1 aliphatic rings. The summed E-state index contributed by atoms with van der Waals surface area (Å²) in [5.74, 6) is -2.53. The highest BCUT2D eigenvalue weighted by atomic mass is 32.1. The first kappa shape index (κ1) is 16.8. The summed E-state index contributed by atoms with van der Waals surface area (Å²) in [6.45, 7) is 0. The smallest absolute Gasteiger partial charge is 0.281 e. The first-order valence-electron chi connectivity index (χ1n) is 7.22. The van der Waals surface area contributed by atoms with Crippen LogP contribution in [0.3, 0.4) is 0 Å². The molecule has 2 aromatic heterocycles. The fraction of sp³-hybridized carbons (Fsp3) is 0.538. The van der Waals surface area contributed by atoms with Gasteiger partial charge in [0.1, 0.15) is 5.69 Å². The van der Waals surface area contributed by atoms with Crippen LogP contribution in [0, 0.1) is 0 Å². The second-order valence-corrected chi connectivity index (χ2v) is 6.35. The van der Waals surface area contributed by atoms with Gasteiger partial charge in [-0.25, -0.2) is 22.5 Å². The van der Waals surface area contributed by atoms with E-state index >= 15 is 0 Å². The molecule has 0 saturated heterocycles. The number of nitrogens with one attached hydrogen (secondary N) is 1. The van der Waals surface area contributed by atoms with Crippen molar-refractivity contribution < 1.29 is 17.6 Å². The third kappa shape index (κ3) is 3.89. The number of hydrogen-bond acceptors (Lipinski definition) is 7. The molecule has 0 bridgehead atoms. The Morgan fingerprint density at radius 2 is 1.88 bits per heavy atom. The maximum absolute atomic E-state index is 13.2. The van der Waals surface area contributed by atoms with Gasteiger partial charge in [0.2, 0.25) is 17.8 Å². The van der Waals surface area contributed by atoms with Gasteiger partial charge in [-0.2, -0.15) is 15.0 Å². The van der Waals surface area contributed by atoms with E-state index in [-0.39, 0.29) is 60.1 Å². The molecule has 0 unspecified atom stereocenters. The van der Waals surface area contributed by atoms with Crippen LogP contribution in [0.15, 0.2) is 5.38 Å². The molecule has 0 atom stereocenters. The zero-order valence-electron chi connectivity index (χ0n) is 12.3. The average molecular weight is 362 g/mol.